The number of benzene rings is 2. The highest BCUT2D eigenvalue weighted by Crippen LogP contribution is 2.37. The third-order valence-corrected chi connectivity index (χ3v) is 5.70. The molecule has 1 amide bonds. The van der Waals surface area contributed by atoms with Crippen molar-refractivity contribution in [2.24, 2.45) is 4.99 Å². The number of aliphatic imine (C=N–C) groups is 1. The first-order valence-corrected chi connectivity index (χ1v) is 10.4. The van der Waals surface area contributed by atoms with Crippen LogP contribution in [0.4, 0.5) is 5.69 Å². The zero-order chi connectivity index (χ0) is 21.0. The van der Waals surface area contributed by atoms with Gasteiger partial charge in [-0.2, -0.15) is 0 Å². The Bertz CT molecular complexity index is 971. The van der Waals surface area contributed by atoms with Gasteiger partial charge in [-0.05, 0) is 78.7 Å². The molecule has 0 spiro atoms. The van der Waals surface area contributed by atoms with Gasteiger partial charge >= 0.3 is 0 Å². The number of aryl methyl sites for hydroxylation is 1. The minimum Gasteiger partial charge on any atom is -0.493 e. The number of hydrogen-bond donors (Lipinski definition) is 0. The number of halogens is 1. The third kappa shape index (κ3) is 4.77. The smallest absolute Gasteiger partial charge is 0.266 e. The van der Waals surface area contributed by atoms with E-state index in [0.29, 0.717) is 33.1 Å². The Balaban J connectivity index is 1.98. The Morgan fingerprint density at radius 3 is 2.41 bits per heavy atom. The number of ether oxygens (including phenoxy) is 2. The van der Waals surface area contributed by atoms with Crippen LogP contribution in [0.5, 0.6) is 11.5 Å². The fraction of sp³-hybridized carbons (Fsp3) is 0.273. The average Bonchev–Trinajstić information content (AvgIpc) is 3.00. The highest BCUT2D eigenvalue weighted by atomic mass is 35.5. The number of amides is 1. The Kier molecular flexibility index (Phi) is 6.87. The van der Waals surface area contributed by atoms with Crippen molar-refractivity contribution in [2.75, 3.05) is 20.8 Å². The van der Waals surface area contributed by atoms with Crippen molar-refractivity contribution < 1.29 is 14.3 Å². The Morgan fingerprint density at radius 2 is 1.79 bits per heavy atom. The van der Waals surface area contributed by atoms with Gasteiger partial charge in [0.25, 0.3) is 5.91 Å². The lowest BCUT2D eigenvalue weighted by Crippen LogP contribution is -2.29. The Labute approximate surface area is 180 Å². The van der Waals surface area contributed by atoms with Gasteiger partial charge in [0.15, 0.2) is 16.7 Å². The van der Waals surface area contributed by atoms with Crippen LogP contribution < -0.4 is 9.47 Å². The molecule has 7 heteroatoms. The van der Waals surface area contributed by atoms with E-state index in [1.54, 1.807) is 31.3 Å². The highest BCUT2D eigenvalue weighted by molar-refractivity contribution is 8.18. The van der Waals surface area contributed by atoms with Crippen LogP contribution in [0.25, 0.3) is 6.08 Å². The van der Waals surface area contributed by atoms with Crippen LogP contribution in [-0.2, 0) is 4.79 Å². The van der Waals surface area contributed by atoms with Crippen LogP contribution >= 0.6 is 23.4 Å². The summed E-state index contributed by atoms with van der Waals surface area (Å²) in [6, 6.07) is 11.0. The SMILES string of the molecule is CCCN1C(=O)/C(=C/c2cc(OC)c(OC)cc2C)SC1=Nc1ccc(Cl)cc1. The minimum atomic E-state index is -0.0428. The van der Waals surface area contributed by atoms with Crippen molar-refractivity contribution in [2.45, 2.75) is 20.3 Å². The van der Waals surface area contributed by atoms with E-state index >= 15 is 0 Å². The fourth-order valence-electron chi connectivity index (χ4n) is 2.93. The largest absolute Gasteiger partial charge is 0.493 e. The molecule has 0 radical (unpaired) electrons. The van der Waals surface area contributed by atoms with Crippen LogP contribution in [0, 0.1) is 6.92 Å². The van der Waals surface area contributed by atoms with E-state index in [9.17, 15) is 4.79 Å². The number of rotatable bonds is 6. The van der Waals surface area contributed by atoms with Crippen molar-refractivity contribution in [1.82, 2.24) is 4.90 Å². The highest BCUT2D eigenvalue weighted by Gasteiger charge is 2.33. The number of methoxy groups -OCH3 is 2. The third-order valence-electron chi connectivity index (χ3n) is 4.45. The summed E-state index contributed by atoms with van der Waals surface area (Å²) in [7, 11) is 3.20. The van der Waals surface area contributed by atoms with Crippen LogP contribution in [0.3, 0.4) is 0 Å². The van der Waals surface area contributed by atoms with E-state index in [0.717, 1.165) is 23.2 Å². The fourth-order valence-corrected chi connectivity index (χ4v) is 4.07. The van der Waals surface area contributed by atoms with Gasteiger partial charge in [-0.25, -0.2) is 4.99 Å². The van der Waals surface area contributed by atoms with E-state index in [2.05, 4.69) is 4.99 Å². The second kappa shape index (κ2) is 9.37. The lowest BCUT2D eigenvalue weighted by molar-refractivity contribution is -0.122. The molecule has 0 bridgehead atoms. The van der Waals surface area contributed by atoms with Gasteiger partial charge in [0.1, 0.15) is 0 Å². The maximum atomic E-state index is 13.0. The molecule has 1 aliphatic heterocycles. The van der Waals surface area contributed by atoms with Gasteiger partial charge in [-0.1, -0.05) is 18.5 Å². The molecule has 0 aliphatic carbocycles. The summed E-state index contributed by atoms with van der Waals surface area (Å²) in [5.74, 6) is 1.25. The molecule has 0 unspecified atom stereocenters. The predicted octanol–water partition coefficient (Wildman–Crippen LogP) is 5.68. The molecule has 3 rings (SSSR count). The summed E-state index contributed by atoms with van der Waals surface area (Å²) in [6.45, 7) is 4.63. The maximum absolute atomic E-state index is 13.0. The quantitative estimate of drug-likeness (QED) is 0.553. The van der Waals surface area contributed by atoms with Gasteiger partial charge in [-0.3, -0.25) is 9.69 Å². The molecule has 1 fully saturated rings. The summed E-state index contributed by atoms with van der Waals surface area (Å²) >= 11 is 7.33. The predicted molar refractivity (Wildman–Crippen MR) is 120 cm³/mol. The standard InChI is InChI=1S/C22H23ClN2O3S/c1-5-10-25-21(26)20(29-22(25)24-17-8-6-16(23)7-9-17)13-15-12-19(28-4)18(27-3)11-14(15)2/h6-9,11-13H,5,10H2,1-4H3/b20-13-,24-22?. The number of carbonyl (C=O) groups is 1. The van der Waals surface area contributed by atoms with Crippen molar-refractivity contribution in [3.63, 3.8) is 0 Å². The molecule has 1 saturated heterocycles. The molecule has 5 nitrogen and oxygen atoms in total. The molecular weight excluding hydrogens is 408 g/mol. The van der Waals surface area contributed by atoms with Crippen molar-refractivity contribution in [3.8, 4) is 11.5 Å². The van der Waals surface area contributed by atoms with Crippen molar-refractivity contribution in [3.05, 3.63) is 57.5 Å². The summed E-state index contributed by atoms with van der Waals surface area (Å²) in [4.78, 5) is 20.0. The van der Waals surface area contributed by atoms with Crippen molar-refractivity contribution in [1.29, 1.82) is 0 Å². The van der Waals surface area contributed by atoms with Crippen LogP contribution in [-0.4, -0.2) is 36.7 Å². The van der Waals surface area contributed by atoms with Gasteiger partial charge in [0.05, 0.1) is 24.8 Å². The second-order valence-electron chi connectivity index (χ2n) is 6.50. The number of carbonyl (C=O) groups excluding carboxylic acids is 1. The van der Waals surface area contributed by atoms with Gasteiger partial charge in [-0.15, -0.1) is 0 Å². The van der Waals surface area contributed by atoms with Crippen LogP contribution in [0.2, 0.25) is 5.02 Å². The lowest BCUT2D eigenvalue weighted by Gasteiger charge is -2.14. The lowest BCUT2D eigenvalue weighted by atomic mass is 10.1. The number of amidine groups is 1. The first-order valence-electron chi connectivity index (χ1n) is 9.25. The number of nitrogens with zero attached hydrogens (tertiary/aromatic N) is 2. The molecule has 0 aromatic heterocycles. The monoisotopic (exact) mass is 430 g/mol. The number of thioether (sulfide) groups is 1. The van der Waals surface area contributed by atoms with Gasteiger partial charge < -0.3 is 9.47 Å². The molecule has 1 heterocycles. The molecular formula is C22H23ClN2O3S. The summed E-state index contributed by atoms with van der Waals surface area (Å²) in [6.07, 6.45) is 2.73. The topological polar surface area (TPSA) is 51.1 Å². The molecule has 2 aromatic carbocycles. The summed E-state index contributed by atoms with van der Waals surface area (Å²) in [5, 5.41) is 1.32. The molecule has 0 atom stereocenters. The molecule has 152 valence electrons. The van der Waals surface area contributed by atoms with E-state index < -0.39 is 0 Å². The van der Waals surface area contributed by atoms with Crippen molar-refractivity contribution >= 4 is 46.2 Å². The molecule has 0 N–H and O–H groups in total. The van der Waals surface area contributed by atoms with E-state index in [4.69, 9.17) is 21.1 Å². The first-order chi connectivity index (χ1) is 14.0. The van der Waals surface area contributed by atoms with E-state index in [-0.39, 0.29) is 5.91 Å². The molecule has 0 saturated carbocycles. The van der Waals surface area contributed by atoms with E-state index in [1.165, 1.54) is 11.8 Å². The zero-order valence-corrected chi connectivity index (χ0v) is 18.4. The maximum Gasteiger partial charge on any atom is 0.266 e. The van der Waals surface area contributed by atoms with Crippen LogP contribution in [0.15, 0.2) is 46.3 Å². The average molecular weight is 431 g/mol. The van der Waals surface area contributed by atoms with E-state index in [1.807, 2.05) is 44.2 Å². The Morgan fingerprint density at radius 1 is 1.14 bits per heavy atom. The molecule has 2 aromatic rings. The summed E-state index contributed by atoms with van der Waals surface area (Å²) in [5.41, 5.74) is 2.66. The molecule has 29 heavy (non-hydrogen) atoms. The zero-order valence-electron chi connectivity index (χ0n) is 16.9. The first kappa shape index (κ1) is 21.3. The number of hydrogen-bond acceptors (Lipinski definition) is 5. The Hall–Kier alpha value is -2.44. The minimum absolute atomic E-state index is 0.0428. The second-order valence-corrected chi connectivity index (χ2v) is 7.95. The summed E-state index contributed by atoms with van der Waals surface area (Å²) < 4.78 is 10.8. The molecule has 1 aliphatic rings. The normalized spacial score (nSPS) is 16.7. The van der Waals surface area contributed by atoms with Gasteiger partial charge in [0.2, 0.25) is 0 Å². The van der Waals surface area contributed by atoms with Crippen LogP contribution in [0.1, 0.15) is 24.5 Å². The van der Waals surface area contributed by atoms with Gasteiger partial charge in [0, 0.05) is 11.6 Å².